The number of rotatable bonds is 5. The Morgan fingerprint density at radius 2 is 1.58 bits per heavy atom. The molecule has 1 aliphatic carbocycles. The first-order valence-corrected chi connectivity index (χ1v) is 12.0. The van der Waals surface area contributed by atoms with Gasteiger partial charge in [0.1, 0.15) is 0 Å². The van der Waals surface area contributed by atoms with E-state index in [1.54, 1.807) is 28.8 Å². The summed E-state index contributed by atoms with van der Waals surface area (Å²) in [6.07, 6.45) is -3.37. The average molecular weight is 521 g/mol. The summed E-state index contributed by atoms with van der Waals surface area (Å²) in [5, 5.41) is 0.875. The zero-order valence-electron chi connectivity index (χ0n) is 20.0. The maximum Gasteiger partial charge on any atom is 0.416 e. The van der Waals surface area contributed by atoms with E-state index in [1.807, 2.05) is 30.3 Å². The largest absolute Gasteiger partial charge is 0.428 e. The minimum atomic E-state index is -4.60. The highest BCUT2D eigenvalue weighted by Crippen LogP contribution is 2.35. The van der Waals surface area contributed by atoms with Gasteiger partial charge in [0, 0.05) is 16.6 Å². The van der Waals surface area contributed by atoms with Gasteiger partial charge in [-0.15, -0.1) is 0 Å². The van der Waals surface area contributed by atoms with Gasteiger partial charge in [-0.1, -0.05) is 42.5 Å². The van der Waals surface area contributed by atoms with Gasteiger partial charge < -0.3 is 9.47 Å². The van der Waals surface area contributed by atoms with E-state index in [0.717, 1.165) is 34.3 Å². The Labute approximate surface area is 215 Å². The first-order chi connectivity index (χ1) is 18.2. The highest BCUT2D eigenvalue weighted by Gasteiger charge is 2.33. The number of alkyl halides is 3. The van der Waals surface area contributed by atoms with E-state index in [0.29, 0.717) is 30.9 Å². The molecular weight excluding hydrogens is 499 g/mol. The van der Waals surface area contributed by atoms with Crippen molar-refractivity contribution >= 4 is 28.7 Å². The van der Waals surface area contributed by atoms with Gasteiger partial charge in [-0.05, 0) is 61.2 Å². The molecule has 0 radical (unpaired) electrons. The van der Waals surface area contributed by atoms with Crippen LogP contribution in [0.3, 0.4) is 0 Å². The van der Waals surface area contributed by atoms with E-state index in [-0.39, 0.29) is 11.5 Å². The van der Waals surface area contributed by atoms with Crippen LogP contribution < -0.4 is 0 Å². The number of carbonyl (C=O) groups is 3. The molecule has 0 saturated carbocycles. The van der Waals surface area contributed by atoms with E-state index in [1.165, 1.54) is 6.07 Å². The summed E-state index contributed by atoms with van der Waals surface area (Å²) in [5.74, 6) is -2.29. The summed E-state index contributed by atoms with van der Waals surface area (Å²) in [6, 6.07) is 20.3. The third kappa shape index (κ3) is 4.91. The summed E-state index contributed by atoms with van der Waals surface area (Å²) in [4.78, 5) is 38.3. The lowest BCUT2D eigenvalue weighted by molar-refractivity contribution is -0.157. The van der Waals surface area contributed by atoms with Crippen molar-refractivity contribution < 1.29 is 37.0 Å². The van der Waals surface area contributed by atoms with E-state index in [4.69, 9.17) is 9.47 Å². The summed E-state index contributed by atoms with van der Waals surface area (Å²) in [6.45, 7) is -0.717. The molecule has 1 aromatic heterocycles. The monoisotopic (exact) mass is 521 g/mol. The summed E-state index contributed by atoms with van der Waals surface area (Å²) in [5.41, 5.74) is 1.77. The molecule has 6 nitrogen and oxygen atoms in total. The third-order valence-electron chi connectivity index (χ3n) is 6.64. The molecule has 3 aromatic carbocycles. The van der Waals surface area contributed by atoms with Crippen molar-refractivity contribution in [3.63, 3.8) is 0 Å². The fraction of sp³-hybridized carbons (Fsp3) is 0.207. The van der Waals surface area contributed by atoms with Gasteiger partial charge in [0.2, 0.25) is 6.79 Å². The zero-order chi connectivity index (χ0) is 26.9. The van der Waals surface area contributed by atoms with E-state index >= 15 is 0 Å². The van der Waals surface area contributed by atoms with Crippen LogP contribution in [0.5, 0.6) is 0 Å². The van der Waals surface area contributed by atoms with Crippen LogP contribution >= 0.6 is 0 Å². The first-order valence-electron chi connectivity index (χ1n) is 12.0. The van der Waals surface area contributed by atoms with E-state index in [9.17, 15) is 27.6 Å². The second-order valence-electron chi connectivity index (χ2n) is 8.98. The normalized spacial score (nSPS) is 15.1. The van der Waals surface area contributed by atoms with Crippen LogP contribution in [-0.4, -0.2) is 29.2 Å². The fourth-order valence-corrected chi connectivity index (χ4v) is 4.82. The maximum atomic E-state index is 13.4. The Morgan fingerprint density at radius 1 is 0.868 bits per heavy atom. The number of fused-ring (bicyclic) bond motifs is 3. The molecule has 1 aliphatic rings. The van der Waals surface area contributed by atoms with Crippen molar-refractivity contribution in [1.82, 2.24) is 4.57 Å². The van der Waals surface area contributed by atoms with Gasteiger partial charge in [0.15, 0.2) is 0 Å². The van der Waals surface area contributed by atoms with Crippen LogP contribution in [0.1, 0.15) is 44.0 Å². The number of aromatic nitrogens is 1. The van der Waals surface area contributed by atoms with Gasteiger partial charge in [-0.3, -0.25) is 14.2 Å². The lowest BCUT2D eigenvalue weighted by Crippen LogP contribution is -2.27. The van der Waals surface area contributed by atoms with Gasteiger partial charge in [0.25, 0.3) is 5.91 Å². The molecular formula is C29H22F3NO5. The zero-order valence-corrected chi connectivity index (χ0v) is 20.0. The number of para-hydroxylation sites is 1. The van der Waals surface area contributed by atoms with Crippen molar-refractivity contribution in [3.8, 4) is 0 Å². The molecule has 1 heterocycles. The molecule has 0 bridgehead atoms. The molecule has 194 valence electrons. The summed E-state index contributed by atoms with van der Waals surface area (Å²) < 4.78 is 50.4. The highest BCUT2D eigenvalue weighted by molar-refractivity contribution is 6.04. The Bertz CT molecular complexity index is 1520. The third-order valence-corrected chi connectivity index (χ3v) is 6.64. The standard InChI is InChI=1S/C29H22F3NO5/c30-29(31,32)21-10-6-9-19(15-21)27(35)37-17-38-28(36)20-13-14-25-23(16-20)22-11-4-5-12-24(22)33(25)26(34)18-7-2-1-3-8-18/h1-12,15,20H,13-14,16-17H2. The lowest BCUT2D eigenvalue weighted by atomic mass is 9.86. The molecule has 0 fully saturated rings. The molecule has 0 saturated heterocycles. The molecule has 0 spiro atoms. The van der Waals surface area contributed by atoms with Crippen molar-refractivity contribution in [3.05, 3.63) is 107 Å². The van der Waals surface area contributed by atoms with Crippen LogP contribution in [0.2, 0.25) is 0 Å². The topological polar surface area (TPSA) is 74.6 Å². The molecule has 0 N–H and O–H groups in total. The fourth-order valence-electron chi connectivity index (χ4n) is 4.82. The molecule has 5 rings (SSSR count). The van der Waals surface area contributed by atoms with Gasteiger partial charge >= 0.3 is 18.1 Å². The van der Waals surface area contributed by atoms with Crippen LogP contribution in [0.25, 0.3) is 10.9 Å². The number of hydrogen-bond donors (Lipinski definition) is 0. The highest BCUT2D eigenvalue weighted by atomic mass is 19.4. The Morgan fingerprint density at radius 3 is 2.34 bits per heavy atom. The second-order valence-corrected chi connectivity index (χ2v) is 8.98. The van der Waals surface area contributed by atoms with Crippen molar-refractivity contribution in [1.29, 1.82) is 0 Å². The number of benzene rings is 3. The average Bonchev–Trinajstić information content (AvgIpc) is 3.26. The minimum absolute atomic E-state index is 0.148. The first kappa shape index (κ1) is 25.3. The minimum Gasteiger partial charge on any atom is -0.428 e. The molecule has 1 unspecified atom stereocenters. The van der Waals surface area contributed by atoms with Crippen LogP contribution in [-0.2, 0) is 33.3 Å². The van der Waals surface area contributed by atoms with Gasteiger partial charge in [-0.2, -0.15) is 13.2 Å². The number of nitrogens with zero attached hydrogens (tertiary/aromatic N) is 1. The molecule has 0 aliphatic heterocycles. The predicted molar refractivity (Wildman–Crippen MR) is 131 cm³/mol. The van der Waals surface area contributed by atoms with E-state index in [2.05, 4.69) is 0 Å². The van der Waals surface area contributed by atoms with Crippen LogP contribution in [0.4, 0.5) is 13.2 Å². The SMILES string of the molecule is O=C(OCOC(=O)C1CCc2c(c3ccccc3n2C(=O)c2ccccc2)C1)c1cccc(C(F)(F)F)c1. The number of hydrogen-bond acceptors (Lipinski definition) is 5. The number of halogens is 3. The van der Waals surface area contributed by atoms with Gasteiger partial charge in [0.05, 0.1) is 22.6 Å². The molecule has 1 atom stereocenters. The molecule has 4 aromatic rings. The summed E-state index contributed by atoms with van der Waals surface area (Å²) in [7, 11) is 0. The maximum absolute atomic E-state index is 13.4. The molecule has 0 amide bonds. The summed E-state index contributed by atoms with van der Waals surface area (Å²) >= 11 is 0. The van der Waals surface area contributed by atoms with Crippen molar-refractivity contribution in [2.45, 2.75) is 25.4 Å². The Hall–Kier alpha value is -4.40. The van der Waals surface area contributed by atoms with Crippen LogP contribution in [0.15, 0.2) is 78.9 Å². The molecule has 9 heteroatoms. The number of carbonyl (C=O) groups excluding carboxylic acids is 3. The Balaban J connectivity index is 1.28. The second kappa shape index (κ2) is 10.2. The molecule has 38 heavy (non-hydrogen) atoms. The quantitative estimate of drug-likeness (QED) is 0.245. The van der Waals surface area contributed by atoms with E-state index < -0.39 is 36.4 Å². The van der Waals surface area contributed by atoms with Crippen molar-refractivity contribution in [2.75, 3.05) is 6.79 Å². The predicted octanol–water partition coefficient (Wildman–Crippen LogP) is 5.81. The van der Waals surface area contributed by atoms with Gasteiger partial charge in [-0.25, -0.2) is 4.79 Å². The lowest BCUT2D eigenvalue weighted by Gasteiger charge is -2.22. The van der Waals surface area contributed by atoms with Crippen molar-refractivity contribution in [2.24, 2.45) is 5.92 Å². The smallest absolute Gasteiger partial charge is 0.416 e. The number of esters is 2. The number of ether oxygens (including phenoxy) is 2. The van der Waals surface area contributed by atoms with Crippen LogP contribution in [0, 0.1) is 5.92 Å². The Kier molecular flexibility index (Phi) is 6.75.